The number of hydrogen-bond acceptors (Lipinski definition) is 2. The minimum atomic E-state index is -0.956. The lowest BCUT2D eigenvalue weighted by molar-refractivity contribution is -0.145. The average Bonchev–Trinajstić information content (AvgIpc) is 2.74. The SMILES string of the molecule is CCCCc1ccc(C[C@@H](Oc2ccc(-c3ccccc3)cc2)C(=O)O)cc1. The Balaban J connectivity index is 1.65. The van der Waals surface area contributed by atoms with Gasteiger partial charge in [0.25, 0.3) is 0 Å². The quantitative estimate of drug-likeness (QED) is 0.517. The second-order valence-corrected chi connectivity index (χ2v) is 6.96. The number of rotatable bonds is 9. The average molecular weight is 374 g/mol. The summed E-state index contributed by atoms with van der Waals surface area (Å²) < 4.78 is 5.77. The van der Waals surface area contributed by atoms with Crippen molar-refractivity contribution in [3.05, 3.63) is 90.0 Å². The number of carboxylic acid groups (broad SMARTS) is 1. The lowest BCUT2D eigenvalue weighted by atomic mass is 10.0. The molecule has 0 aliphatic rings. The largest absolute Gasteiger partial charge is 0.478 e. The topological polar surface area (TPSA) is 46.5 Å². The third-order valence-corrected chi connectivity index (χ3v) is 4.78. The van der Waals surface area contributed by atoms with Gasteiger partial charge in [-0.25, -0.2) is 4.79 Å². The van der Waals surface area contributed by atoms with Crippen molar-refractivity contribution >= 4 is 5.97 Å². The molecule has 0 radical (unpaired) electrons. The summed E-state index contributed by atoms with van der Waals surface area (Å²) in [7, 11) is 0. The van der Waals surface area contributed by atoms with Crippen LogP contribution >= 0.6 is 0 Å². The zero-order valence-corrected chi connectivity index (χ0v) is 16.2. The maximum atomic E-state index is 11.7. The molecular weight excluding hydrogens is 348 g/mol. The summed E-state index contributed by atoms with van der Waals surface area (Å²) in [5.41, 5.74) is 4.44. The van der Waals surface area contributed by atoms with Gasteiger partial charge in [0, 0.05) is 6.42 Å². The fourth-order valence-corrected chi connectivity index (χ4v) is 3.14. The van der Waals surface area contributed by atoms with Gasteiger partial charge in [0.2, 0.25) is 0 Å². The van der Waals surface area contributed by atoms with Gasteiger partial charge in [-0.1, -0.05) is 80.1 Å². The molecule has 0 fully saturated rings. The summed E-state index contributed by atoms with van der Waals surface area (Å²) in [5.74, 6) is -0.395. The van der Waals surface area contributed by atoms with Crippen LogP contribution in [0.4, 0.5) is 0 Å². The Morgan fingerprint density at radius 2 is 1.46 bits per heavy atom. The van der Waals surface area contributed by atoms with Crippen molar-refractivity contribution in [3.8, 4) is 16.9 Å². The van der Waals surface area contributed by atoms with E-state index in [2.05, 4.69) is 19.1 Å². The van der Waals surface area contributed by atoms with E-state index in [9.17, 15) is 9.90 Å². The maximum Gasteiger partial charge on any atom is 0.345 e. The van der Waals surface area contributed by atoms with Crippen molar-refractivity contribution < 1.29 is 14.6 Å². The number of benzene rings is 3. The number of hydrogen-bond donors (Lipinski definition) is 1. The molecule has 0 aliphatic carbocycles. The van der Waals surface area contributed by atoms with E-state index in [1.807, 2.05) is 66.7 Å². The van der Waals surface area contributed by atoms with Crippen molar-refractivity contribution in [2.45, 2.75) is 38.7 Å². The molecule has 0 spiro atoms. The molecule has 3 aromatic carbocycles. The summed E-state index contributed by atoms with van der Waals surface area (Å²) >= 11 is 0. The van der Waals surface area contributed by atoms with Crippen molar-refractivity contribution in [1.82, 2.24) is 0 Å². The van der Waals surface area contributed by atoms with Gasteiger partial charge in [-0.3, -0.25) is 0 Å². The van der Waals surface area contributed by atoms with Crippen LogP contribution in [-0.4, -0.2) is 17.2 Å². The number of carboxylic acids is 1. The second-order valence-electron chi connectivity index (χ2n) is 6.96. The van der Waals surface area contributed by atoms with Crippen LogP contribution in [0.25, 0.3) is 11.1 Å². The number of carbonyl (C=O) groups is 1. The smallest absolute Gasteiger partial charge is 0.345 e. The van der Waals surface area contributed by atoms with Gasteiger partial charge in [-0.15, -0.1) is 0 Å². The summed E-state index contributed by atoms with van der Waals surface area (Å²) in [5, 5.41) is 9.57. The van der Waals surface area contributed by atoms with Gasteiger partial charge in [-0.05, 0) is 47.2 Å². The molecule has 1 N–H and O–H groups in total. The minimum absolute atomic E-state index is 0.337. The molecule has 0 amide bonds. The van der Waals surface area contributed by atoms with Crippen molar-refractivity contribution in [1.29, 1.82) is 0 Å². The first-order chi connectivity index (χ1) is 13.7. The second kappa shape index (κ2) is 9.75. The van der Waals surface area contributed by atoms with E-state index in [-0.39, 0.29) is 0 Å². The highest BCUT2D eigenvalue weighted by molar-refractivity contribution is 5.73. The Morgan fingerprint density at radius 1 is 0.857 bits per heavy atom. The Morgan fingerprint density at radius 3 is 2.07 bits per heavy atom. The summed E-state index contributed by atoms with van der Waals surface area (Å²) in [6, 6.07) is 25.8. The van der Waals surface area contributed by atoms with Crippen LogP contribution in [0.5, 0.6) is 5.75 Å². The summed E-state index contributed by atoms with van der Waals surface area (Å²) in [6.07, 6.45) is 2.82. The molecule has 3 aromatic rings. The fraction of sp³-hybridized carbons (Fsp3) is 0.240. The van der Waals surface area contributed by atoms with E-state index in [1.54, 1.807) is 0 Å². The van der Waals surface area contributed by atoms with E-state index in [0.717, 1.165) is 23.1 Å². The molecule has 0 saturated carbocycles. The van der Waals surface area contributed by atoms with Gasteiger partial charge in [0.15, 0.2) is 6.10 Å². The number of aliphatic carboxylic acids is 1. The van der Waals surface area contributed by atoms with Gasteiger partial charge in [0.05, 0.1) is 0 Å². The molecule has 0 heterocycles. The molecular formula is C25H26O3. The van der Waals surface area contributed by atoms with E-state index in [4.69, 9.17) is 4.74 Å². The zero-order valence-electron chi connectivity index (χ0n) is 16.2. The maximum absolute atomic E-state index is 11.7. The molecule has 3 heteroatoms. The Hall–Kier alpha value is -3.07. The van der Waals surface area contributed by atoms with Crippen LogP contribution in [0.1, 0.15) is 30.9 Å². The Kier molecular flexibility index (Phi) is 6.85. The van der Waals surface area contributed by atoms with Crippen LogP contribution in [0.3, 0.4) is 0 Å². The molecule has 0 unspecified atom stereocenters. The summed E-state index contributed by atoms with van der Waals surface area (Å²) in [4.78, 5) is 11.7. The third kappa shape index (κ3) is 5.46. The molecule has 0 saturated heterocycles. The molecule has 0 aliphatic heterocycles. The monoisotopic (exact) mass is 374 g/mol. The van der Waals surface area contributed by atoms with Gasteiger partial charge < -0.3 is 9.84 Å². The van der Waals surface area contributed by atoms with Gasteiger partial charge >= 0.3 is 5.97 Å². The standard InChI is InChI=1S/C25H26O3/c1-2-3-7-19-10-12-20(13-11-19)18-24(25(26)27)28-23-16-14-22(15-17-23)21-8-5-4-6-9-21/h4-6,8-17,24H,2-3,7,18H2,1H3,(H,26,27)/t24-/m1/s1. The van der Waals surface area contributed by atoms with Crippen LogP contribution in [-0.2, 0) is 17.6 Å². The van der Waals surface area contributed by atoms with Crippen molar-refractivity contribution in [3.63, 3.8) is 0 Å². The molecule has 144 valence electrons. The van der Waals surface area contributed by atoms with E-state index in [0.29, 0.717) is 12.2 Å². The van der Waals surface area contributed by atoms with Crippen molar-refractivity contribution in [2.75, 3.05) is 0 Å². The summed E-state index contributed by atoms with van der Waals surface area (Å²) in [6.45, 7) is 2.18. The predicted octanol–water partition coefficient (Wildman–Crippen LogP) is 5.77. The van der Waals surface area contributed by atoms with E-state index < -0.39 is 12.1 Å². The Labute approximate surface area is 166 Å². The number of ether oxygens (including phenoxy) is 1. The predicted molar refractivity (Wildman–Crippen MR) is 113 cm³/mol. The third-order valence-electron chi connectivity index (χ3n) is 4.78. The van der Waals surface area contributed by atoms with Crippen LogP contribution in [0, 0.1) is 0 Å². The molecule has 3 nitrogen and oxygen atoms in total. The fourth-order valence-electron chi connectivity index (χ4n) is 3.14. The highest BCUT2D eigenvalue weighted by Crippen LogP contribution is 2.23. The molecule has 28 heavy (non-hydrogen) atoms. The van der Waals surface area contributed by atoms with Crippen LogP contribution in [0.15, 0.2) is 78.9 Å². The van der Waals surface area contributed by atoms with Gasteiger partial charge in [-0.2, -0.15) is 0 Å². The highest BCUT2D eigenvalue weighted by Gasteiger charge is 2.20. The van der Waals surface area contributed by atoms with Crippen molar-refractivity contribution in [2.24, 2.45) is 0 Å². The number of unbranched alkanes of at least 4 members (excludes halogenated alkanes) is 1. The highest BCUT2D eigenvalue weighted by atomic mass is 16.5. The van der Waals surface area contributed by atoms with Gasteiger partial charge in [0.1, 0.15) is 5.75 Å². The van der Waals surface area contributed by atoms with Crippen LogP contribution in [0.2, 0.25) is 0 Å². The number of aryl methyl sites for hydroxylation is 1. The minimum Gasteiger partial charge on any atom is -0.478 e. The van der Waals surface area contributed by atoms with E-state index >= 15 is 0 Å². The molecule has 1 atom stereocenters. The Bertz CT molecular complexity index is 868. The first kappa shape index (κ1) is 19.7. The van der Waals surface area contributed by atoms with Crippen LogP contribution < -0.4 is 4.74 Å². The molecule has 0 bridgehead atoms. The lowest BCUT2D eigenvalue weighted by Crippen LogP contribution is -2.29. The lowest BCUT2D eigenvalue weighted by Gasteiger charge is -2.16. The zero-order chi connectivity index (χ0) is 19.8. The molecule has 0 aromatic heterocycles. The van der Waals surface area contributed by atoms with E-state index in [1.165, 1.54) is 18.4 Å². The molecule has 3 rings (SSSR count). The first-order valence-electron chi connectivity index (χ1n) is 9.78. The first-order valence-corrected chi connectivity index (χ1v) is 9.78. The normalized spacial score (nSPS) is 11.8.